The molecule has 0 saturated carbocycles. The zero-order valence-corrected chi connectivity index (χ0v) is 36.1. The van der Waals surface area contributed by atoms with E-state index in [-0.39, 0.29) is 63.1 Å². The summed E-state index contributed by atoms with van der Waals surface area (Å²) < 4.78 is 53.9. The van der Waals surface area contributed by atoms with E-state index in [1.807, 2.05) is 64.1 Å². The molecule has 4 aromatic carbocycles. The highest BCUT2D eigenvalue weighted by Gasteiger charge is 2.46. The summed E-state index contributed by atoms with van der Waals surface area (Å²) in [4.78, 5) is 40.2. The van der Waals surface area contributed by atoms with E-state index in [2.05, 4.69) is 20.8 Å². The van der Waals surface area contributed by atoms with Crippen molar-refractivity contribution in [3.8, 4) is 23.0 Å². The summed E-state index contributed by atoms with van der Waals surface area (Å²) in [6, 6.07) is 28.1. The fourth-order valence-electron chi connectivity index (χ4n) is 6.40. The maximum Gasteiger partial charge on any atom is 0.593 e. The van der Waals surface area contributed by atoms with E-state index in [0.29, 0.717) is 12.0 Å². The third-order valence-electron chi connectivity index (χ3n) is 9.44. The third kappa shape index (κ3) is 11.2. The van der Waals surface area contributed by atoms with E-state index in [1.54, 1.807) is 60.7 Å². The van der Waals surface area contributed by atoms with Crippen molar-refractivity contribution in [2.45, 2.75) is 66.4 Å². The SMILES string of the molecule is CC(O[P+](=O)C(=O)c1ccccc1)C(C)(C)c1ccccc1.COc1cccc(OC)c1C(=O)P(=O)(CC(C)CC(C)(C)C)C(=O)c1c(OC)cccc1OC. The molecule has 10 nitrogen and oxygen atoms in total. The topological polar surface area (TPSA) is 132 Å². The maximum atomic E-state index is 14.7. The molecule has 4 aromatic rings. The molecule has 0 radical (unpaired) electrons. The first-order valence-electron chi connectivity index (χ1n) is 18.3. The average Bonchev–Trinajstić information content (AvgIpc) is 3.19. The first kappa shape index (κ1) is 45.8. The second kappa shape index (κ2) is 20.0. The van der Waals surface area contributed by atoms with Gasteiger partial charge in [0.2, 0.25) is 18.2 Å². The first-order chi connectivity index (χ1) is 26.4. The van der Waals surface area contributed by atoms with Gasteiger partial charge in [-0.2, -0.15) is 0 Å². The standard InChI is InChI=1S/C26H35O7P.C18H20O3P/c1-17(15-26(2,3)4)16-34(29,24(27)22-18(30-5)11-9-12-19(22)31-6)25(28)23-20(32-7)13-10-14-21(23)33-8;1-14(18(2,3)16-12-8-5-9-13-16)21-22(20)17(19)15-10-6-4-7-11-15/h9-14,17H,15-16H2,1-8H3;4-14H,1-3H3/q;+1. The van der Waals surface area contributed by atoms with E-state index >= 15 is 0 Å². The smallest absolute Gasteiger partial charge is 0.496 e. The lowest BCUT2D eigenvalue weighted by Gasteiger charge is -2.28. The van der Waals surface area contributed by atoms with Crippen molar-refractivity contribution in [3.63, 3.8) is 0 Å². The summed E-state index contributed by atoms with van der Waals surface area (Å²) in [6.45, 7) is 14.0. The largest absolute Gasteiger partial charge is 0.593 e. The van der Waals surface area contributed by atoms with Crippen LogP contribution in [0, 0.1) is 11.3 Å². The molecule has 0 bridgehead atoms. The van der Waals surface area contributed by atoms with Gasteiger partial charge in [0.25, 0.3) is 0 Å². The van der Waals surface area contributed by atoms with E-state index in [1.165, 1.54) is 28.4 Å². The van der Waals surface area contributed by atoms with Crippen LogP contribution in [0.2, 0.25) is 0 Å². The van der Waals surface area contributed by atoms with Crippen molar-refractivity contribution in [2.75, 3.05) is 34.6 Å². The van der Waals surface area contributed by atoms with Crippen LogP contribution in [0.3, 0.4) is 0 Å². The highest BCUT2D eigenvalue weighted by Crippen LogP contribution is 2.58. The molecule has 0 spiro atoms. The fourth-order valence-corrected chi connectivity index (χ4v) is 10.1. The van der Waals surface area contributed by atoms with Crippen LogP contribution < -0.4 is 18.9 Å². The van der Waals surface area contributed by atoms with Crippen LogP contribution in [-0.4, -0.2) is 57.3 Å². The van der Waals surface area contributed by atoms with Crippen molar-refractivity contribution < 1.29 is 47.0 Å². The average molecular weight is 806 g/mol. The number of benzene rings is 4. The molecule has 0 fully saturated rings. The summed E-state index contributed by atoms with van der Waals surface area (Å²) in [7, 11) is -1.02. The lowest BCUT2D eigenvalue weighted by molar-refractivity contribution is 0.101. The summed E-state index contributed by atoms with van der Waals surface area (Å²) in [6.07, 6.45) is 0.208. The van der Waals surface area contributed by atoms with Crippen molar-refractivity contribution in [1.82, 2.24) is 0 Å². The minimum Gasteiger partial charge on any atom is -0.496 e. The quantitative estimate of drug-likeness (QED) is 0.0950. The minimum absolute atomic E-state index is 0.0130. The lowest BCUT2D eigenvalue weighted by atomic mass is 9.80. The van der Waals surface area contributed by atoms with Gasteiger partial charge >= 0.3 is 13.6 Å². The molecule has 12 heteroatoms. The van der Waals surface area contributed by atoms with Gasteiger partial charge in [0.1, 0.15) is 40.2 Å². The monoisotopic (exact) mass is 805 g/mol. The molecule has 0 amide bonds. The Bertz CT molecular complexity index is 1900. The molecule has 3 unspecified atom stereocenters. The Labute approximate surface area is 332 Å². The molecule has 4 rings (SSSR count). The number of carbonyl (C=O) groups excluding carboxylic acids is 3. The number of hydrogen-bond donors (Lipinski definition) is 0. The molecule has 300 valence electrons. The van der Waals surface area contributed by atoms with Crippen LogP contribution >= 0.6 is 15.2 Å². The number of rotatable bonds is 17. The van der Waals surface area contributed by atoms with Gasteiger partial charge in [0.15, 0.2) is 0 Å². The molecule has 3 atom stereocenters. The Hall–Kier alpha value is -4.62. The normalized spacial score (nSPS) is 12.9. The zero-order valence-electron chi connectivity index (χ0n) is 34.3. The molecule has 0 saturated heterocycles. The van der Waals surface area contributed by atoms with Gasteiger partial charge in [-0.05, 0) is 71.2 Å². The molecule has 56 heavy (non-hydrogen) atoms. The Morgan fingerprint density at radius 2 is 1.02 bits per heavy atom. The van der Waals surface area contributed by atoms with E-state index < -0.39 is 31.7 Å². The van der Waals surface area contributed by atoms with Gasteiger partial charge in [-0.15, -0.1) is 4.52 Å². The molecule has 0 aliphatic heterocycles. The highest BCUT2D eigenvalue weighted by molar-refractivity contribution is 7.95. The molecular formula is C44H55O10P2+. The third-order valence-corrected chi connectivity index (χ3v) is 13.4. The maximum absolute atomic E-state index is 14.7. The summed E-state index contributed by atoms with van der Waals surface area (Å²) >= 11 is 0. The second-order valence-corrected chi connectivity index (χ2v) is 19.0. The Balaban J connectivity index is 0.000000329. The summed E-state index contributed by atoms with van der Waals surface area (Å²) in [5.41, 5.74) is -1.04. The molecule has 0 N–H and O–H groups in total. The Morgan fingerprint density at radius 3 is 1.39 bits per heavy atom. The zero-order chi connectivity index (χ0) is 41.8. The van der Waals surface area contributed by atoms with E-state index in [9.17, 15) is 23.5 Å². The van der Waals surface area contributed by atoms with Crippen LogP contribution in [0.1, 0.15) is 91.5 Å². The van der Waals surface area contributed by atoms with Gasteiger partial charge in [0.05, 0.1) is 34.0 Å². The van der Waals surface area contributed by atoms with Crippen LogP contribution in [0.4, 0.5) is 0 Å². The minimum atomic E-state index is -4.25. The molecule has 0 aliphatic carbocycles. The number of carbonyl (C=O) groups is 3. The van der Waals surface area contributed by atoms with Gasteiger partial charge in [0, 0.05) is 11.6 Å². The lowest BCUT2D eigenvalue weighted by Crippen LogP contribution is -2.32. The molecule has 0 aliphatic rings. The molecular weight excluding hydrogens is 750 g/mol. The highest BCUT2D eigenvalue weighted by atomic mass is 31.2. The van der Waals surface area contributed by atoms with Crippen LogP contribution in [0.15, 0.2) is 97.1 Å². The summed E-state index contributed by atoms with van der Waals surface area (Å²) in [5.74, 6) is 0.571. The van der Waals surface area contributed by atoms with Crippen molar-refractivity contribution in [3.05, 3.63) is 119 Å². The van der Waals surface area contributed by atoms with E-state index in [0.717, 1.165) is 5.56 Å². The fraction of sp³-hybridized carbons (Fsp3) is 0.386. The number of hydrogen-bond acceptors (Lipinski definition) is 10. The second-order valence-electron chi connectivity index (χ2n) is 15.2. The Morgan fingerprint density at radius 1 is 0.625 bits per heavy atom. The van der Waals surface area contributed by atoms with E-state index in [4.69, 9.17) is 23.5 Å². The van der Waals surface area contributed by atoms with Gasteiger partial charge < -0.3 is 23.5 Å². The first-order valence-corrected chi connectivity index (χ1v) is 21.3. The number of ether oxygens (including phenoxy) is 4. The summed E-state index contributed by atoms with van der Waals surface area (Å²) in [5, 5.41) is 0. The van der Waals surface area contributed by atoms with Gasteiger partial charge in [-0.25, -0.2) is 4.79 Å². The molecule has 0 heterocycles. The van der Waals surface area contributed by atoms with Gasteiger partial charge in [-0.3, -0.25) is 9.59 Å². The predicted octanol–water partition coefficient (Wildman–Crippen LogP) is 11.1. The van der Waals surface area contributed by atoms with Crippen molar-refractivity contribution in [2.24, 2.45) is 11.3 Å². The van der Waals surface area contributed by atoms with Crippen LogP contribution in [0.5, 0.6) is 23.0 Å². The van der Waals surface area contributed by atoms with Crippen LogP contribution in [-0.2, 0) is 19.1 Å². The van der Waals surface area contributed by atoms with Crippen LogP contribution in [0.25, 0.3) is 0 Å². The Kier molecular flexibility index (Phi) is 16.3. The predicted molar refractivity (Wildman–Crippen MR) is 222 cm³/mol. The number of methoxy groups -OCH3 is 4. The van der Waals surface area contributed by atoms with Crippen molar-refractivity contribution in [1.29, 1.82) is 0 Å². The molecule has 0 aromatic heterocycles. The van der Waals surface area contributed by atoms with Gasteiger partial charge in [-0.1, -0.05) is 102 Å². The van der Waals surface area contributed by atoms with Crippen molar-refractivity contribution >= 4 is 31.7 Å².